The van der Waals surface area contributed by atoms with Crippen LogP contribution in [0.15, 0.2) is 84.9 Å². The largest absolute Gasteiger partial charge is 0.496 e. The van der Waals surface area contributed by atoms with E-state index in [4.69, 9.17) is 18.9 Å². The van der Waals surface area contributed by atoms with E-state index >= 15 is 0 Å². The van der Waals surface area contributed by atoms with Crippen molar-refractivity contribution in [1.29, 1.82) is 0 Å². The Labute approximate surface area is 282 Å². The molecule has 0 saturated carbocycles. The summed E-state index contributed by atoms with van der Waals surface area (Å²) < 4.78 is 24.1. The quantitative estimate of drug-likeness (QED) is 0.107. The number of nitrogens with zero attached hydrogens (tertiary/aromatic N) is 2. The van der Waals surface area contributed by atoms with Crippen LogP contribution >= 0.6 is 0 Å². The Morgan fingerprint density at radius 1 is 0.787 bits per heavy atom. The first-order valence-electron chi connectivity index (χ1n) is 17.3. The molecule has 0 atom stereocenters. The SMILES string of the molecule is COc1ccccc1COCCCCCC[N+](C)(C)CCOCCN1CCC(OC(=O)NC(c2ccccc2)c2ccccc2)CC1. The van der Waals surface area contributed by atoms with Gasteiger partial charge in [-0.2, -0.15) is 0 Å². The fourth-order valence-electron chi connectivity index (χ4n) is 6.03. The lowest BCUT2D eigenvalue weighted by molar-refractivity contribution is -0.891. The number of methoxy groups -OCH3 is 1. The zero-order chi connectivity index (χ0) is 33.2. The first kappa shape index (κ1) is 36.4. The molecule has 0 aromatic heterocycles. The van der Waals surface area contributed by atoms with Gasteiger partial charge in [0.25, 0.3) is 0 Å². The smallest absolute Gasteiger partial charge is 0.408 e. The molecule has 1 heterocycles. The van der Waals surface area contributed by atoms with Crippen LogP contribution in [0.4, 0.5) is 4.79 Å². The zero-order valence-corrected chi connectivity index (χ0v) is 28.8. The molecule has 47 heavy (non-hydrogen) atoms. The molecule has 3 aromatic rings. The number of benzene rings is 3. The first-order chi connectivity index (χ1) is 22.9. The van der Waals surface area contributed by atoms with Crippen LogP contribution in [0, 0.1) is 0 Å². The molecule has 1 aliphatic rings. The van der Waals surface area contributed by atoms with Gasteiger partial charge < -0.3 is 33.6 Å². The van der Waals surface area contributed by atoms with Crippen LogP contribution in [-0.4, -0.2) is 95.3 Å². The van der Waals surface area contributed by atoms with E-state index in [1.807, 2.05) is 78.9 Å². The second-order valence-corrected chi connectivity index (χ2v) is 13.1. The minimum atomic E-state index is -0.362. The summed E-state index contributed by atoms with van der Waals surface area (Å²) in [5, 5.41) is 3.10. The maximum Gasteiger partial charge on any atom is 0.408 e. The van der Waals surface area contributed by atoms with Gasteiger partial charge in [0.1, 0.15) is 18.4 Å². The highest BCUT2D eigenvalue weighted by Crippen LogP contribution is 2.23. The Balaban J connectivity index is 1.01. The summed E-state index contributed by atoms with van der Waals surface area (Å²) in [6.07, 6.45) is 5.97. The summed E-state index contributed by atoms with van der Waals surface area (Å²) in [6.45, 7) is 7.80. The number of carbonyl (C=O) groups excluding carboxylic acids is 1. The van der Waals surface area contributed by atoms with Crippen molar-refractivity contribution in [3.8, 4) is 5.75 Å². The van der Waals surface area contributed by atoms with Gasteiger partial charge in [0.05, 0.1) is 53.6 Å². The minimum Gasteiger partial charge on any atom is -0.496 e. The number of hydrogen-bond acceptors (Lipinski definition) is 6. The first-order valence-corrected chi connectivity index (χ1v) is 17.3. The molecule has 1 amide bonds. The number of likely N-dealkylation sites (N-methyl/N-ethyl adjacent to an activating group) is 1. The summed E-state index contributed by atoms with van der Waals surface area (Å²) >= 11 is 0. The molecule has 8 heteroatoms. The van der Waals surface area contributed by atoms with E-state index in [2.05, 4.69) is 30.4 Å². The Bertz CT molecular complexity index is 1240. The second-order valence-electron chi connectivity index (χ2n) is 13.1. The summed E-state index contributed by atoms with van der Waals surface area (Å²) in [5.41, 5.74) is 3.17. The third-order valence-corrected chi connectivity index (χ3v) is 8.98. The standard InChI is InChI=1S/C39H55N3O5/c1-42(2,27-14-4-5-15-29-46-32-35-20-12-13-21-37(35)44-3)28-31-45-30-26-41-24-22-36(23-25-41)47-39(43)40-38(33-16-8-6-9-17-33)34-18-10-7-11-19-34/h6-13,16-21,36,38H,4-5,14-15,22-32H2,1-3H3/p+1. The van der Waals surface area contributed by atoms with Crippen LogP contribution in [0.1, 0.15) is 61.3 Å². The maximum atomic E-state index is 12.9. The average Bonchev–Trinajstić information content (AvgIpc) is 3.10. The monoisotopic (exact) mass is 646 g/mol. The Hall–Kier alpha value is -3.43. The van der Waals surface area contributed by atoms with Crippen LogP contribution in [0.5, 0.6) is 5.75 Å². The van der Waals surface area contributed by atoms with Crippen molar-refractivity contribution in [2.24, 2.45) is 0 Å². The highest BCUT2D eigenvalue weighted by Gasteiger charge is 2.24. The van der Waals surface area contributed by atoms with E-state index in [1.165, 1.54) is 19.3 Å². The lowest BCUT2D eigenvalue weighted by atomic mass is 9.99. The molecule has 1 saturated heterocycles. The van der Waals surface area contributed by atoms with Gasteiger partial charge in [-0.25, -0.2) is 4.79 Å². The number of ether oxygens (including phenoxy) is 4. The molecule has 1 N–H and O–H groups in total. The van der Waals surface area contributed by atoms with E-state index < -0.39 is 0 Å². The number of hydrogen-bond donors (Lipinski definition) is 1. The number of para-hydroxylation sites is 1. The number of nitrogens with one attached hydrogen (secondary N) is 1. The number of rotatable bonds is 20. The van der Waals surface area contributed by atoms with Crippen LogP contribution in [0.25, 0.3) is 0 Å². The molecule has 3 aromatic carbocycles. The zero-order valence-electron chi connectivity index (χ0n) is 28.8. The molecular formula is C39H56N3O5+. The van der Waals surface area contributed by atoms with Gasteiger partial charge in [-0.3, -0.25) is 0 Å². The normalized spacial score (nSPS) is 14.3. The predicted molar refractivity (Wildman–Crippen MR) is 188 cm³/mol. The number of carbonyl (C=O) groups is 1. The third kappa shape index (κ3) is 13.3. The lowest BCUT2D eigenvalue weighted by Crippen LogP contribution is -2.43. The Morgan fingerprint density at radius 3 is 2.11 bits per heavy atom. The molecule has 0 unspecified atom stereocenters. The van der Waals surface area contributed by atoms with Gasteiger partial charge in [-0.1, -0.05) is 85.3 Å². The molecule has 4 rings (SSSR count). The van der Waals surface area contributed by atoms with Crippen molar-refractivity contribution in [3.05, 3.63) is 102 Å². The van der Waals surface area contributed by atoms with Gasteiger partial charge in [0.15, 0.2) is 0 Å². The van der Waals surface area contributed by atoms with Crippen LogP contribution in [0.2, 0.25) is 0 Å². The van der Waals surface area contributed by atoms with E-state index in [0.717, 1.165) is 98.7 Å². The summed E-state index contributed by atoms with van der Waals surface area (Å²) in [6, 6.07) is 27.8. The van der Waals surface area contributed by atoms with Gasteiger partial charge in [0, 0.05) is 31.8 Å². The number of piperidine rings is 1. The van der Waals surface area contributed by atoms with Crippen LogP contribution in [0.3, 0.4) is 0 Å². The number of likely N-dealkylation sites (tertiary alicyclic amines) is 1. The fourth-order valence-corrected chi connectivity index (χ4v) is 6.03. The Kier molecular flexibility index (Phi) is 15.5. The van der Waals surface area contributed by atoms with Gasteiger partial charge in [-0.15, -0.1) is 0 Å². The minimum absolute atomic E-state index is 0.0663. The molecule has 1 aliphatic heterocycles. The van der Waals surface area contributed by atoms with Crippen molar-refractivity contribution in [1.82, 2.24) is 10.2 Å². The van der Waals surface area contributed by atoms with Crippen molar-refractivity contribution < 1.29 is 28.2 Å². The maximum absolute atomic E-state index is 12.9. The molecule has 8 nitrogen and oxygen atoms in total. The number of unbranched alkanes of at least 4 members (excludes halogenated alkanes) is 3. The van der Waals surface area contributed by atoms with E-state index in [-0.39, 0.29) is 18.2 Å². The summed E-state index contributed by atoms with van der Waals surface area (Å²) in [4.78, 5) is 15.3. The van der Waals surface area contributed by atoms with Crippen molar-refractivity contribution in [2.75, 3.05) is 73.7 Å². The lowest BCUT2D eigenvalue weighted by Gasteiger charge is -2.32. The topological polar surface area (TPSA) is 69.3 Å². The molecule has 0 bridgehead atoms. The van der Waals surface area contributed by atoms with E-state index in [0.29, 0.717) is 6.61 Å². The molecule has 256 valence electrons. The van der Waals surface area contributed by atoms with Crippen molar-refractivity contribution >= 4 is 6.09 Å². The molecule has 0 radical (unpaired) electrons. The number of alkyl carbamates (subject to hydrolysis) is 1. The predicted octanol–water partition coefficient (Wildman–Crippen LogP) is 6.85. The Morgan fingerprint density at radius 2 is 1.43 bits per heavy atom. The summed E-state index contributed by atoms with van der Waals surface area (Å²) in [5.74, 6) is 0.891. The molecular weight excluding hydrogens is 590 g/mol. The highest BCUT2D eigenvalue weighted by molar-refractivity contribution is 5.69. The van der Waals surface area contributed by atoms with Crippen LogP contribution < -0.4 is 10.1 Å². The average molecular weight is 647 g/mol. The van der Waals surface area contributed by atoms with Gasteiger partial charge in [-0.05, 0) is 49.3 Å². The van der Waals surface area contributed by atoms with Crippen molar-refractivity contribution in [2.45, 2.75) is 57.3 Å². The van der Waals surface area contributed by atoms with Gasteiger partial charge >= 0.3 is 6.09 Å². The van der Waals surface area contributed by atoms with Crippen LogP contribution in [-0.2, 0) is 20.8 Å². The second kappa shape index (κ2) is 20.1. The fraction of sp³-hybridized carbons (Fsp3) is 0.513. The number of amides is 1. The summed E-state index contributed by atoms with van der Waals surface area (Å²) in [7, 11) is 6.29. The third-order valence-electron chi connectivity index (χ3n) is 8.98. The molecule has 0 spiro atoms. The van der Waals surface area contributed by atoms with E-state index in [1.54, 1.807) is 7.11 Å². The van der Waals surface area contributed by atoms with E-state index in [9.17, 15) is 4.79 Å². The number of quaternary nitrogens is 1. The molecule has 0 aliphatic carbocycles. The van der Waals surface area contributed by atoms with Gasteiger partial charge in [0.2, 0.25) is 0 Å². The van der Waals surface area contributed by atoms with Crippen molar-refractivity contribution in [3.63, 3.8) is 0 Å². The molecule has 1 fully saturated rings. The highest BCUT2D eigenvalue weighted by atomic mass is 16.6.